The number of carbonyl (C=O) groups is 1. The molecule has 0 bridgehead atoms. The summed E-state index contributed by atoms with van der Waals surface area (Å²) in [6, 6.07) is 1.37. The van der Waals surface area contributed by atoms with Crippen LogP contribution in [-0.4, -0.2) is 30.4 Å². The van der Waals surface area contributed by atoms with Gasteiger partial charge >= 0.3 is 5.97 Å². The van der Waals surface area contributed by atoms with Crippen molar-refractivity contribution in [3.05, 3.63) is 17.8 Å². The first-order valence-electron chi connectivity index (χ1n) is 3.75. The van der Waals surface area contributed by atoms with Gasteiger partial charge in [-0.25, -0.2) is 9.78 Å². The summed E-state index contributed by atoms with van der Waals surface area (Å²) in [4.78, 5) is 15.0. The van der Waals surface area contributed by atoms with Crippen LogP contribution in [0.25, 0.3) is 0 Å². The molecule has 1 aromatic rings. The van der Waals surface area contributed by atoms with Crippen LogP contribution in [0.5, 0.6) is 5.88 Å². The molecule has 0 unspecified atom stereocenters. The highest BCUT2D eigenvalue weighted by Crippen LogP contribution is 2.19. The Hall–Kier alpha value is -1.82. The third-order valence-corrected chi connectivity index (χ3v) is 1.61. The van der Waals surface area contributed by atoms with Crippen LogP contribution in [0.1, 0.15) is 10.4 Å². The van der Waals surface area contributed by atoms with Crippen LogP contribution >= 0.6 is 0 Å². The minimum Gasteiger partial charge on any atom is -0.481 e. The van der Waals surface area contributed by atoms with Crippen molar-refractivity contribution in [3.63, 3.8) is 0 Å². The van der Waals surface area contributed by atoms with E-state index in [0.717, 1.165) is 0 Å². The molecular formula is C8H10N2O4. The lowest BCUT2D eigenvalue weighted by molar-refractivity contribution is 0.0600. The summed E-state index contributed by atoms with van der Waals surface area (Å²) in [5.74, 6) is -0.313. The monoisotopic (exact) mass is 198 g/mol. The maximum atomic E-state index is 11.2. The first kappa shape index (κ1) is 10.3. The molecule has 0 atom stereocenters. The summed E-state index contributed by atoms with van der Waals surface area (Å²) in [6.45, 7) is 0. The maximum absolute atomic E-state index is 11.2. The van der Waals surface area contributed by atoms with Gasteiger partial charge in [-0.1, -0.05) is 0 Å². The average Bonchev–Trinajstić information content (AvgIpc) is 2.27. The molecule has 6 nitrogen and oxygen atoms in total. The number of nitrogens with zero attached hydrogens (tertiary/aromatic N) is 1. The Morgan fingerprint density at radius 2 is 2.29 bits per heavy atom. The molecule has 1 aromatic heterocycles. The number of ether oxygens (including phenoxy) is 2. The Bertz CT molecular complexity index is 340. The fourth-order valence-corrected chi connectivity index (χ4v) is 0.916. The summed E-state index contributed by atoms with van der Waals surface area (Å²) in [5, 5.41) is 8.69. The van der Waals surface area contributed by atoms with E-state index in [1.165, 1.54) is 26.5 Å². The molecule has 0 saturated carbocycles. The highest BCUT2D eigenvalue weighted by atomic mass is 16.5. The molecule has 0 fully saturated rings. The molecule has 0 radical (unpaired) electrons. The Morgan fingerprint density at radius 1 is 1.57 bits per heavy atom. The van der Waals surface area contributed by atoms with Crippen LogP contribution in [0, 0.1) is 0 Å². The lowest BCUT2D eigenvalue weighted by Crippen LogP contribution is -2.07. The summed E-state index contributed by atoms with van der Waals surface area (Å²) in [5.41, 5.74) is 2.16. The van der Waals surface area contributed by atoms with E-state index < -0.39 is 5.97 Å². The van der Waals surface area contributed by atoms with Crippen molar-refractivity contribution in [1.29, 1.82) is 0 Å². The van der Waals surface area contributed by atoms with Crippen molar-refractivity contribution in [3.8, 4) is 5.88 Å². The Balaban J connectivity index is 3.14. The zero-order valence-electron chi connectivity index (χ0n) is 7.77. The normalized spacial score (nSPS) is 9.36. The summed E-state index contributed by atoms with van der Waals surface area (Å²) >= 11 is 0. The zero-order chi connectivity index (χ0) is 10.6. The lowest BCUT2D eigenvalue weighted by atomic mass is 10.2. The predicted molar refractivity (Wildman–Crippen MR) is 47.5 cm³/mol. The SMILES string of the molecule is COC(=O)c1cc(OC)ncc1NO. The minimum atomic E-state index is -0.581. The van der Waals surface area contributed by atoms with E-state index in [9.17, 15) is 4.79 Å². The number of esters is 1. The van der Waals surface area contributed by atoms with Gasteiger partial charge < -0.3 is 9.47 Å². The number of hydrogen-bond donors (Lipinski definition) is 2. The van der Waals surface area contributed by atoms with Crippen LogP contribution in [0.3, 0.4) is 0 Å². The predicted octanol–water partition coefficient (Wildman–Crippen LogP) is 0.678. The Morgan fingerprint density at radius 3 is 2.79 bits per heavy atom. The summed E-state index contributed by atoms with van der Waals surface area (Å²) in [6.07, 6.45) is 1.27. The smallest absolute Gasteiger partial charge is 0.340 e. The molecule has 0 aliphatic carbocycles. The van der Waals surface area contributed by atoms with Crippen LogP contribution in [0.2, 0.25) is 0 Å². The van der Waals surface area contributed by atoms with Gasteiger partial charge in [0, 0.05) is 6.07 Å². The molecule has 6 heteroatoms. The topological polar surface area (TPSA) is 80.7 Å². The van der Waals surface area contributed by atoms with E-state index >= 15 is 0 Å². The van der Waals surface area contributed by atoms with Gasteiger partial charge in [0.15, 0.2) is 0 Å². The van der Waals surface area contributed by atoms with E-state index in [2.05, 4.69) is 9.72 Å². The van der Waals surface area contributed by atoms with Crippen molar-refractivity contribution in [2.45, 2.75) is 0 Å². The second-order valence-electron chi connectivity index (χ2n) is 2.38. The summed E-state index contributed by atoms with van der Waals surface area (Å²) < 4.78 is 9.33. The van der Waals surface area contributed by atoms with Gasteiger partial charge in [0.25, 0.3) is 0 Å². The molecule has 0 spiro atoms. The Labute approximate surface area is 80.4 Å². The largest absolute Gasteiger partial charge is 0.481 e. The van der Waals surface area contributed by atoms with Gasteiger partial charge in [-0.3, -0.25) is 10.7 Å². The highest BCUT2D eigenvalue weighted by Gasteiger charge is 2.13. The first-order valence-corrected chi connectivity index (χ1v) is 3.75. The molecule has 0 aromatic carbocycles. The van der Waals surface area contributed by atoms with Gasteiger partial charge in [0.2, 0.25) is 5.88 Å². The van der Waals surface area contributed by atoms with Gasteiger partial charge in [-0.15, -0.1) is 0 Å². The molecule has 0 amide bonds. The highest BCUT2D eigenvalue weighted by molar-refractivity contribution is 5.95. The molecule has 1 rings (SSSR count). The van der Waals surface area contributed by atoms with E-state index in [1.54, 1.807) is 0 Å². The molecule has 0 saturated heterocycles. The second-order valence-corrected chi connectivity index (χ2v) is 2.38. The third-order valence-electron chi connectivity index (χ3n) is 1.61. The second kappa shape index (κ2) is 4.43. The van der Waals surface area contributed by atoms with Crippen LogP contribution < -0.4 is 10.2 Å². The van der Waals surface area contributed by atoms with E-state index in [-0.39, 0.29) is 17.1 Å². The number of pyridine rings is 1. The van der Waals surface area contributed by atoms with Gasteiger partial charge in [0.05, 0.1) is 31.7 Å². The van der Waals surface area contributed by atoms with Gasteiger partial charge in [0.1, 0.15) is 0 Å². The van der Waals surface area contributed by atoms with Crippen LogP contribution in [0.15, 0.2) is 12.3 Å². The van der Waals surface area contributed by atoms with Crippen molar-refractivity contribution < 1.29 is 19.5 Å². The maximum Gasteiger partial charge on any atom is 0.340 e. The third kappa shape index (κ3) is 1.91. The van der Waals surface area contributed by atoms with Crippen molar-refractivity contribution in [1.82, 2.24) is 4.98 Å². The molecule has 76 valence electrons. The molecule has 1 heterocycles. The van der Waals surface area contributed by atoms with Gasteiger partial charge in [-0.05, 0) is 0 Å². The van der Waals surface area contributed by atoms with Crippen molar-refractivity contribution in [2.75, 3.05) is 19.7 Å². The van der Waals surface area contributed by atoms with Gasteiger partial charge in [-0.2, -0.15) is 0 Å². The first-order chi connectivity index (χ1) is 6.72. The molecule has 0 aliphatic rings. The molecule has 2 N–H and O–H groups in total. The quantitative estimate of drug-likeness (QED) is 0.549. The average molecular weight is 198 g/mol. The van der Waals surface area contributed by atoms with Crippen LogP contribution in [-0.2, 0) is 4.74 Å². The fourth-order valence-electron chi connectivity index (χ4n) is 0.916. The minimum absolute atomic E-state index is 0.154. The lowest BCUT2D eigenvalue weighted by Gasteiger charge is -2.06. The number of aromatic nitrogens is 1. The van der Waals surface area contributed by atoms with E-state index in [4.69, 9.17) is 9.94 Å². The molecular weight excluding hydrogens is 188 g/mol. The number of carbonyl (C=O) groups excluding carboxylic acids is 1. The zero-order valence-corrected chi connectivity index (χ0v) is 7.77. The number of hydrogen-bond acceptors (Lipinski definition) is 6. The summed E-state index contributed by atoms with van der Waals surface area (Å²) in [7, 11) is 2.67. The standard InChI is InChI=1S/C8H10N2O4/c1-13-7-3-5(8(11)14-2)6(10-12)4-9-7/h3-4,10,12H,1-2H3. The number of anilines is 1. The fraction of sp³-hybridized carbons (Fsp3) is 0.250. The Kier molecular flexibility index (Phi) is 3.24. The van der Waals surface area contributed by atoms with Crippen molar-refractivity contribution in [2.24, 2.45) is 0 Å². The van der Waals surface area contributed by atoms with Crippen LogP contribution in [0.4, 0.5) is 5.69 Å². The van der Waals surface area contributed by atoms with E-state index in [1.807, 2.05) is 5.48 Å². The van der Waals surface area contributed by atoms with Crippen molar-refractivity contribution >= 4 is 11.7 Å². The number of nitrogens with one attached hydrogen (secondary N) is 1. The van der Waals surface area contributed by atoms with E-state index in [0.29, 0.717) is 0 Å². The molecule has 0 aliphatic heterocycles. The number of rotatable bonds is 3. The molecule has 14 heavy (non-hydrogen) atoms. The number of methoxy groups -OCH3 is 2.